The predicted octanol–water partition coefficient (Wildman–Crippen LogP) is 1.81. The molecular formula is C15H21N3O2. The van der Waals surface area contributed by atoms with E-state index in [0.29, 0.717) is 13.0 Å². The Labute approximate surface area is 119 Å². The van der Waals surface area contributed by atoms with Crippen molar-refractivity contribution in [2.75, 3.05) is 11.4 Å². The summed E-state index contributed by atoms with van der Waals surface area (Å²) >= 11 is 0. The summed E-state index contributed by atoms with van der Waals surface area (Å²) in [5, 5.41) is 5.46. The normalized spacial score (nSPS) is 18.5. The third kappa shape index (κ3) is 3.29. The van der Waals surface area contributed by atoms with Crippen molar-refractivity contribution >= 4 is 17.6 Å². The smallest absolute Gasteiger partial charge is 0.315 e. The van der Waals surface area contributed by atoms with Crippen LogP contribution in [0.4, 0.5) is 10.5 Å². The fraction of sp³-hybridized carbons (Fsp3) is 0.467. The van der Waals surface area contributed by atoms with E-state index in [1.807, 2.05) is 45.0 Å². The van der Waals surface area contributed by atoms with E-state index < -0.39 is 6.04 Å². The van der Waals surface area contributed by atoms with Crippen molar-refractivity contribution < 1.29 is 9.59 Å². The van der Waals surface area contributed by atoms with Gasteiger partial charge >= 0.3 is 6.03 Å². The van der Waals surface area contributed by atoms with E-state index in [9.17, 15) is 9.59 Å². The number of aryl methyl sites for hydroxylation is 1. The minimum Gasteiger partial charge on any atom is -0.336 e. The van der Waals surface area contributed by atoms with E-state index in [1.165, 1.54) is 0 Å². The van der Waals surface area contributed by atoms with Gasteiger partial charge < -0.3 is 15.5 Å². The summed E-state index contributed by atoms with van der Waals surface area (Å²) in [5.74, 6) is -0.0484. The van der Waals surface area contributed by atoms with Crippen LogP contribution in [0.2, 0.25) is 0 Å². The molecule has 20 heavy (non-hydrogen) atoms. The van der Waals surface area contributed by atoms with Gasteiger partial charge in [-0.05, 0) is 39.3 Å². The van der Waals surface area contributed by atoms with Crippen LogP contribution < -0.4 is 15.5 Å². The van der Waals surface area contributed by atoms with E-state index in [-0.39, 0.29) is 18.0 Å². The van der Waals surface area contributed by atoms with Gasteiger partial charge in [-0.3, -0.25) is 4.79 Å². The summed E-state index contributed by atoms with van der Waals surface area (Å²) in [6, 6.07) is 7.16. The number of hydrogen-bond donors (Lipinski definition) is 2. The highest BCUT2D eigenvalue weighted by Gasteiger charge is 2.33. The molecule has 1 atom stereocenters. The monoisotopic (exact) mass is 275 g/mol. The molecule has 1 heterocycles. The van der Waals surface area contributed by atoms with Crippen molar-refractivity contribution in [3.05, 3.63) is 29.8 Å². The molecule has 1 aliphatic rings. The van der Waals surface area contributed by atoms with E-state index >= 15 is 0 Å². The van der Waals surface area contributed by atoms with Gasteiger partial charge in [-0.25, -0.2) is 4.79 Å². The average molecular weight is 275 g/mol. The van der Waals surface area contributed by atoms with Crippen LogP contribution in [0.15, 0.2) is 24.3 Å². The maximum Gasteiger partial charge on any atom is 0.315 e. The van der Waals surface area contributed by atoms with Gasteiger partial charge in [0.2, 0.25) is 5.91 Å². The Morgan fingerprint density at radius 2 is 1.95 bits per heavy atom. The number of carbonyl (C=O) groups excluding carboxylic acids is 2. The van der Waals surface area contributed by atoms with Gasteiger partial charge in [0.25, 0.3) is 0 Å². The van der Waals surface area contributed by atoms with Gasteiger partial charge in [0.05, 0.1) is 0 Å². The molecule has 1 unspecified atom stereocenters. The summed E-state index contributed by atoms with van der Waals surface area (Å²) in [7, 11) is 0. The van der Waals surface area contributed by atoms with Gasteiger partial charge in [0.1, 0.15) is 6.04 Å². The highest BCUT2D eigenvalue weighted by atomic mass is 16.2. The lowest BCUT2D eigenvalue weighted by molar-refractivity contribution is -0.118. The molecule has 0 spiro atoms. The molecule has 5 heteroatoms. The van der Waals surface area contributed by atoms with E-state index in [4.69, 9.17) is 0 Å². The average Bonchev–Trinajstić information content (AvgIpc) is 2.71. The van der Waals surface area contributed by atoms with Crippen LogP contribution >= 0.6 is 0 Å². The number of amides is 3. The van der Waals surface area contributed by atoms with E-state index in [1.54, 1.807) is 4.90 Å². The van der Waals surface area contributed by atoms with Crippen molar-refractivity contribution in [3.8, 4) is 0 Å². The largest absolute Gasteiger partial charge is 0.336 e. The predicted molar refractivity (Wildman–Crippen MR) is 78.7 cm³/mol. The van der Waals surface area contributed by atoms with Crippen molar-refractivity contribution in [3.63, 3.8) is 0 Å². The standard InChI is InChI=1S/C15H21N3O2/c1-10(2)16-15(20)17-13-8-9-18(14(13)19)12-6-4-11(3)5-7-12/h4-7,10,13H,8-9H2,1-3H3,(H2,16,17,20). The zero-order chi connectivity index (χ0) is 14.7. The fourth-order valence-electron chi connectivity index (χ4n) is 2.26. The molecule has 5 nitrogen and oxygen atoms in total. The molecule has 2 N–H and O–H groups in total. The fourth-order valence-corrected chi connectivity index (χ4v) is 2.26. The molecule has 0 radical (unpaired) electrons. The molecule has 0 bridgehead atoms. The first-order valence-electron chi connectivity index (χ1n) is 6.92. The zero-order valence-corrected chi connectivity index (χ0v) is 12.1. The van der Waals surface area contributed by atoms with Gasteiger partial charge in [0, 0.05) is 18.3 Å². The first-order valence-corrected chi connectivity index (χ1v) is 6.92. The Hall–Kier alpha value is -2.04. The first-order chi connectivity index (χ1) is 9.47. The summed E-state index contributed by atoms with van der Waals surface area (Å²) in [6.45, 7) is 6.41. The number of benzene rings is 1. The number of hydrogen-bond acceptors (Lipinski definition) is 2. The number of carbonyl (C=O) groups is 2. The molecule has 0 aliphatic carbocycles. The lowest BCUT2D eigenvalue weighted by Crippen LogP contribution is -2.47. The van der Waals surface area contributed by atoms with Crippen molar-refractivity contribution in [2.45, 2.75) is 39.3 Å². The van der Waals surface area contributed by atoms with E-state index in [2.05, 4.69) is 10.6 Å². The molecular weight excluding hydrogens is 254 g/mol. The summed E-state index contributed by atoms with van der Waals surface area (Å²) in [5.41, 5.74) is 2.04. The first kappa shape index (κ1) is 14.4. The molecule has 108 valence electrons. The Morgan fingerprint density at radius 1 is 1.30 bits per heavy atom. The Kier molecular flexibility index (Phi) is 4.27. The molecule has 0 aromatic heterocycles. The van der Waals surface area contributed by atoms with Crippen LogP contribution in [0.3, 0.4) is 0 Å². The maximum absolute atomic E-state index is 12.3. The summed E-state index contributed by atoms with van der Waals surface area (Å²) in [6.07, 6.45) is 0.637. The Morgan fingerprint density at radius 3 is 2.55 bits per heavy atom. The second kappa shape index (κ2) is 5.94. The Bertz CT molecular complexity index is 496. The highest BCUT2D eigenvalue weighted by molar-refractivity contribution is 6.01. The molecule has 1 fully saturated rings. The summed E-state index contributed by atoms with van der Waals surface area (Å²) < 4.78 is 0. The SMILES string of the molecule is Cc1ccc(N2CCC(NC(=O)NC(C)C)C2=O)cc1. The molecule has 1 aromatic carbocycles. The molecule has 2 rings (SSSR count). The third-order valence-corrected chi connectivity index (χ3v) is 3.28. The number of rotatable bonds is 3. The number of anilines is 1. The van der Waals surface area contributed by atoms with Crippen LogP contribution in [0.5, 0.6) is 0 Å². The summed E-state index contributed by atoms with van der Waals surface area (Å²) in [4.78, 5) is 25.7. The molecule has 1 aliphatic heterocycles. The minimum atomic E-state index is -0.435. The third-order valence-electron chi connectivity index (χ3n) is 3.28. The van der Waals surface area contributed by atoms with Gasteiger partial charge in [-0.1, -0.05) is 17.7 Å². The van der Waals surface area contributed by atoms with Gasteiger partial charge in [0.15, 0.2) is 0 Å². The van der Waals surface area contributed by atoms with Crippen LogP contribution in [0.1, 0.15) is 25.8 Å². The maximum atomic E-state index is 12.3. The number of urea groups is 1. The molecule has 0 saturated carbocycles. The molecule has 1 aromatic rings. The second-order valence-corrected chi connectivity index (χ2v) is 5.44. The van der Waals surface area contributed by atoms with Crippen LogP contribution in [0, 0.1) is 6.92 Å². The highest BCUT2D eigenvalue weighted by Crippen LogP contribution is 2.21. The van der Waals surface area contributed by atoms with Crippen LogP contribution in [0.25, 0.3) is 0 Å². The molecule has 1 saturated heterocycles. The second-order valence-electron chi connectivity index (χ2n) is 5.44. The van der Waals surface area contributed by atoms with Gasteiger partial charge in [-0.2, -0.15) is 0 Å². The van der Waals surface area contributed by atoms with E-state index in [0.717, 1.165) is 11.3 Å². The minimum absolute atomic E-state index is 0.0484. The van der Waals surface area contributed by atoms with Crippen molar-refractivity contribution in [1.29, 1.82) is 0 Å². The quantitative estimate of drug-likeness (QED) is 0.883. The van der Waals surface area contributed by atoms with Crippen molar-refractivity contribution in [1.82, 2.24) is 10.6 Å². The van der Waals surface area contributed by atoms with Crippen LogP contribution in [-0.4, -0.2) is 30.6 Å². The lowest BCUT2D eigenvalue weighted by atomic mass is 10.2. The number of nitrogens with zero attached hydrogens (tertiary/aromatic N) is 1. The van der Waals surface area contributed by atoms with Crippen LogP contribution in [-0.2, 0) is 4.79 Å². The van der Waals surface area contributed by atoms with Crippen molar-refractivity contribution in [2.24, 2.45) is 0 Å². The molecule has 3 amide bonds. The number of nitrogens with one attached hydrogen (secondary N) is 2. The Balaban J connectivity index is 1.99. The topological polar surface area (TPSA) is 61.4 Å². The lowest BCUT2D eigenvalue weighted by Gasteiger charge is -2.18. The van der Waals surface area contributed by atoms with Gasteiger partial charge in [-0.15, -0.1) is 0 Å². The zero-order valence-electron chi connectivity index (χ0n) is 12.1.